The van der Waals surface area contributed by atoms with Gasteiger partial charge in [-0.05, 0) is 38.1 Å². The summed E-state index contributed by atoms with van der Waals surface area (Å²) in [6, 6.07) is 5.63. The number of carbonyl (C=O) groups excluding carboxylic acids is 1. The van der Waals surface area contributed by atoms with Crippen LogP contribution in [0.2, 0.25) is 0 Å². The number of hydrogen-bond donors (Lipinski definition) is 1. The van der Waals surface area contributed by atoms with Gasteiger partial charge in [0.05, 0.1) is 17.2 Å². The van der Waals surface area contributed by atoms with E-state index in [1.807, 2.05) is 0 Å². The summed E-state index contributed by atoms with van der Waals surface area (Å²) in [7, 11) is 0. The fourth-order valence-corrected chi connectivity index (χ4v) is 1.03. The van der Waals surface area contributed by atoms with Gasteiger partial charge in [0.25, 0.3) is 0 Å². The molecule has 0 heterocycles. The van der Waals surface area contributed by atoms with E-state index >= 15 is 0 Å². The van der Waals surface area contributed by atoms with Gasteiger partial charge in [-0.3, -0.25) is 0 Å². The highest BCUT2D eigenvalue weighted by atomic mass is 16.5. The van der Waals surface area contributed by atoms with E-state index in [0.717, 1.165) is 0 Å². The SMILES string of the molecule is CC(C)OC(=O)c1ccc(C(=O)O)cc1.CCC. The van der Waals surface area contributed by atoms with Crippen molar-refractivity contribution in [3.05, 3.63) is 35.4 Å². The van der Waals surface area contributed by atoms with Gasteiger partial charge in [-0.2, -0.15) is 0 Å². The summed E-state index contributed by atoms with van der Waals surface area (Å²) in [5.41, 5.74) is 0.504. The molecule has 18 heavy (non-hydrogen) atoms. The highest BCUT2D eigenvalue weighted by molar-refractivity contribution is 5.92. The lowest BCUT2D eigenvalue weighted by Gasteiger charge is -2.07. The van der Waals surface area contributed by atoms with Crippen molar-refractivity contribution in [1.29, 1.82) is 0 Å². The summed E-state index contributed by atoms with van der Waals surface area (Å²) in [6.45, 7) is 7.76. The number of carboxylic acids is 1. The van der Waals surface area contributed by atoms with Crippen molar-refractivity contribution in [3.63, 3.8) is 0 Å². The van der Waals surface area contributed by atoms with Crippen LogP contribution in [0.5, 0.6) is 0 Å². The van der Waals surface area contributed by atoms with Gasteiger partial charge in [-0.15, -0.1) is 0 Å². The largest absolute Gasteiger partial charge is 0.478 e. The van der Waals surface area contributed by atoms with Crippen LogP contribution in [-0.4, -0.2) is 23.1 Å². The first kappa shape index (κ1) is 16.2. The fourth-order valence-electron chi connectivity index (χ4n) is 1.03. The van der Waals surface area contributed by atoms with Gasteiger partial charge in [0.15, 0.2) is 0 Å². The van der Waals surface area contributed by atoms with Crippen LogP contribution in [0.15, 0.2) is 24.3 Å². The zero-order valence-corrected chi connectivity index (χ0v) is 11.3. The smallest absolute Gasteiger partial charge is 0.338 e. The van der Waals surface area contributed by atoms with E-state index < -0.39 is 11.9 Å². The van der Waals surface area contributed by atoms with Crippen molar-refractivity contribution >= 4 is 11.9 Å². The Morgan fingerprint density at radius 2 is 1.50 bits per heavy atom. The summed E-state index contributed by atoms with van der Waals surface area (Å²) in [5, 5.41) is 8.64. The van der Waals surface area contributed by atoms with Crippen molar-refractivity contribution in [2.75, 3.05) is 0 Å². The van der Waals surface area contributed by atoms with Gasteiger partial charge < -0.3 is 9.84 Å². The molecule has 0 bridgehead atoms. The Kier molecular flexibility index (Phi) is 7.43. The number of rotatable bonds is 3. The predicted molar refractivity (Wildman–Crippen MR) is 69.9 cm³/mol. The van der Waals surface area contributed by atoms with Crippen molar-refractivity contribution < 1.29 is 19.4 Å². The third-order valence-electron chi connectivity index (χ3n) is 1.71. The zero-order chi connectivity index (χ0) is 14.1. The normalized spacial score (nSPS) is 9.39. The van der Waals surface area contributed by atoms with Crippen LogP contribution in [0.3, 0.4) is 0 Å². The minimum atomic E-state index is -1.02. The number of benzene rings is 1. The molecule has 0 unspecified atom stereocenters. The first-order chi connectivity index (χ1) is 8.42. The Morgan fingerprint density at radius 1 is 1.11 bits per heavy atom. The van der Waals surface area contributed by atoms with E-state index in [0.29, 0.717) is 5.56 Å². The molecule has 4 nitrogen and oxygen atoms in total. The Morgan fingerprint density at radius 3 is 1.83 bits per heavy atom. The number of aromatic carboxylic acids is 1. The number of carboxylic acid groups (broad SMARTS) is 1. The predicted octanol–water partition coefficient (Wildman–Crippen LogP) is 3.37. The van der Waals surface area contributed by atoms with E-state index in [1.165, 1.54) is 30.7 Å². The summed E-state index contributed by atoms with van der Waals surface area (Å²) in [5.74, 6) is -1.46. The Labute approximate surface area is 108 Å². The van der Waals surface area contributed by atoms with E-state index in [4.69, 9.17) is 9.84 Å². The average molecular weight is 252 g/mol. The summed E-state index contributed by atoms with van der Waals surface area (Å²) in [4.78, 5) is 21.9. The van der Waals surface area contributed by atoms with Crippen molar-refractivity contribution in [1.82, 2.24) is 0 Å². The van der Waals surface area contributed by atoms with Crippen molar-refractivity contribution in [2.45, 2.75) is 40.2 Å². The third-order valence-corrected chi connectivity index (χ3v) is 1.71. The first-order valence-corrected chi connectivity index (χ1v) is 5.96. The van der Waals surface area contributed by atoms with Crippen LogP contribution < -0.4 is 0 Å². The molecule has 1 aromatic carbocycles. The molecule has 0 fully saturated rings. The monoisotopic (exact) mass is 252 g/mol. The molecule has 0 spiro atoms. The molecule has 0 aliphatic heterocycles. The van der Waals surface area contributed by atoms with Crippen LogP contribution in [0, 0.1) is 0 Å². The highest BCUT2D eigenvalue weighted by Gasteiger charge is 2.10. The van der Waals surface area contributed by atoms with E-state index in [9.17, 15) is 9.59 Å². The molecule has 0 aromatic heterocycles. The van der Waals surface area contributed by atoms with Gasteiger partial charge in [0, 0.05) is 0 Å². The lowest BCUT2D eigenvalue weighted by atomic mass is 10.1. The molecule has 0 radical (unpaired) electrons. The maximum absolute atomic E-state index is 11.4. The molecule has 0 saturated carbocycles. The number of esters is 1. The molecule has 1 rings (SSSR count). The lowest BCUT2D eigenvalue weighted by Crippen LogP contribution is -2.11. The Bertz CT molecular complexity index is 379. The molecule has 1 N–H and O–H groups in total. The molecule has 0 aliphatic carbocycles. The highest BCUT2D eigenvalue weighted by Crippen LogP contribution is 2.07. The van der Waals surface area contributed by atoms with Crippen LogP contribution >= 0.6 is 0 Å². The van der Waals surface area contributed by atoms with Gasteiger partial charge in [-0.25, -0.2) is 9.59 Å². The second-order valence-corrected chi connectivity index (χ2v) is 4.04. The van der Waals surface area contributed by atoms with Gasteiger partial charge in [0.1, 0.15) is 0 Å². The molecule has 0 amide bonds. The zero-order valence-electron chi connectivity index (χ0n) is 11.3. The molecular formula is C14H20O4. The van der Waals surface area contributed by atoms with E-state index in [1.54, 1.807) is 13.8 Å². The third kappa shape index (κ3) is 6.03. The molecule has 4 heteroatoms. The molecule has 1 aromatic rings. The van der Waals surface area contributed by atoms with Crippen LogP contribution in [0.4, 0.5) is 0 Å². The van der Waals surface area contributed by atoms with Crippen molar-refractivity contribution in [3.8, 4) is 0 Å². The summed E-state index contributed by atoms with van der Waals surface area (Å²) in [6.07, 6.45) is 1.07. The molecule has 0 saturated heterocycles. The van der Waals surface area contributed by atoms with Crippen molar-refractivity contribution in [2.24, 2.45) is 0 Å². The summed E-state index contributed by atoms with van der Waals surface area (Å²) < 4.78 is 4.95. The minimum Gasteiger partial charge on any atom is -0.478 e. The number of hydrogen-bond acceptors (Lipinski definition) is 3. The summed E-state index contributed by atoms with van der Waals surface area (Å²) >= 11 is 0. The number of carbonyl (C=O) groups is 2. The van der Waals surface area contributed by atoms with Crippen LogP contribution in [-0.2, 0) is 4.74 Å². The van der Waals surface area contributed by atoms with Gasteiger partial charge in [0.2, 0.25) is 0 Å². The maximum Gasteiger partial charge on any atom is 0.338 e. The second-order valence-electron chi connectivity index (χ2n) is 4.04. The molecule has 0 atom stereocenters. The molecule has 0 aliphatic rings. The quantitative estimate of drug-likeness (QED) is 0.838. The first-order valence-electron chi connectivity index (χ1n) is 5.96. The number of ether oxygens (including phenoxy) is 1. The molecule has 100 valence electrons. The average Bonchev–Trinajstić information content (AvgIpc) is 2.29. The Hall–Kier alpha value is -1.84. The van der Waals surface area contributed by atoms with E-state index in [-0.39, 0.29) is 11.7 Å². The lowest BCUT2D eigenvalue weighted by molar-refractivity contribution is 0.0377. The minimum absolute atomic E-state index is 0.149. The van der Waals surface area contributed by atoms with Crippen LogP contribution in [0.25, 0.3) is 0 Å². The molecular weight excluding hydrogens is 232 g/mol. The fraction of sp³-hybridized carbons (Fsp3) is 0.429. The van der Waals surface area contributed by atoms with Crippen LogP contribution in [0.1, 0.15) is 54.8 Å². The topological polar surface area (TPSA) is 63.6 Å². The second kappa shape index (κ2) is 8.28. The van der Waals surface area contributed by atoms with E-state index in [2.05, 4.69) is 13.8 Å². The van der Waals surface area contributed by atoms with Gasteiger partial charge in [-0.1, -0.05) is 20.3 Å². The Balaban J connectivity index is 0.000000873. The van der Waals surface area contributed by atoms with Gasteiger partial charge >= 0.3 is 11.9 Å². The maximum atomic E-state index is 11.4. The standard InChI is InChI=1S/C11H12O4.C3H8/c1-7(2)15-11(14)9-5-3-8(4-6-9)10(12)13;1-3-2/h3-7H,1-2H3,(H,12,13);3H2,1-2H3.